The van der Waals surface area contributed by atoms with Crippen LogP contribution in [-0.2, 0) is 5.75 Å². The van der Waals surface area contributed by atoms with Crippen molar-refractivity contribution in [2.75, 3.05) is 6.61 Å². The van der Waals surface area contributed by atoms with Gasteiger partial charge in [0.1, 0.15) is 5.75 Å². The third-order valence-electron chi connectivity index (χ3n) is 4.28. The van der Waals surface area contributed by atoms with Gasteiger partial charge in [-0.3, -0.25) is 4.79 Å². The van der Waals surface area contributed by atoms with Crippen molar-refractivity contribution in [2.24, 2.45) is 11.0 Å². The van der Waals surface area contributed by atoms with Crippen LogP contribution in [0.15, 0.2) is 82.8 Å². The van der Waals surface area contributed by atoms with Crippen LogP contribution in [0.5, 0.6) is 5.75 Å². The molecule has 160 valence electrons. The molecule has 0 aliphatic carbocycles. The predicted molar refractivity (Wildman–Crippen MR) is 129 cm³/mol. The Hall–Kier alpha value is -2.76. The smallest absolute Gasteiger partial charge is 0.271 e. The van der Waals surface area contributed by atoms with E-state index < -0.39 is 0 Å². The van der Waals surface area contributed by atoms with Gasteiger partial charge in [-0.1, -0.05) is 37.6 Å². The van der Waals surface area contributed by atoms with Crippen molar-refractivity contribution >= 4 is 35.5 Å². The highest BCUT2D eigenvalue weighted by Gasteiger charge is 2.05. The van der Waals surface area contributed by atoms with Gasteiger partial charge in [-0.2, -0.15) is 5.10 Å². The van der Waals surface area contributed by atoms with Crippen molar-refractivity contribution in [2.45, 2.75) is 24.5 Å². The summed E-state index contributed by atoms with van der Waals surface area (Å²) in [5.74, 6) is 1.88. The zero-order valence-corrected chi connectivity index (χ0v) is 19.1. The number of hydrazone groups is 1. The number of nitrogens with zero attached hydrogens (tertiary/aromatic N) is 1. The van der Waals surface area contributed by atoms with E-state index >= 15 is 0 Å². The summed E-state index contributed by atoms with van der Waals surface area (Å²) >= 11 is 7.63. The van der Waals surface area contributed by atoms with E-state index in [4.69, 9.17) is 16.3 Å². The van der Waals surface area contributed by atoms with E-state index in [9.17, 15) is 4.79 Å². The lowest BCUT2D eigenvalue weighted by Gasteiger charge is -2.08. The molecule has 0 bridgehead atoms. The molecule has 0 heterocycles. The number of rotatable bonds is 9. The monoisotopic (exact) mass is 452 g/mol. The largest absolute Gasteiger partial charge is 0.493 e. The summed E-state index contributed by atoms with van der Waals surface area (Å²) in [7, 11) is 0. The minimum absolute atomic E-state index is 0.245. The summed E-state index contributed by atoms with van der Waals surface area (Å²) in [4.78, 5) is 13.5. The van der Waals surface area contributed by atoms with Crippen LogP contribution in [0.4, 0.5) is 0 Å². The lowest BCUT2D eigenvalue weighted by atomic mass is 10.1. The number of halogens is 1. The second kappa shape index (κ2) is 11.6. The van der Waals surface area contributed by atoms with Crippen LogP contribution in [0.1, 0.15) is 35.3 Å². The van der Waals surface area contributed by atoms with Gasteiger partial charge in [0.15, 0.2) is 0 Å². The zero-order chi connectivity index (χ0) is 22.1. The molecule has 6 heteroatoms. The van der Waals surface area contributed by atoms with Crippen molar-refractivity contribution in [1.82, 2.24) is 5.43 Å². The second-order valence-corrected chi connectivity index (χ2v) is 8.90. The number of benzene rings is 3. The Morgan fingerprint density at radius 2 is 1.71 bits per heavy atom. The molecule has 31 heavy (non-hydrogen) atoms. The molecule has 0 aliphatic heterocycles. The molecule has 0 unspecified atom stereocenters. The number of carbonyl (C=O) groups is 1. The SMILES string of the molecule is CC(C)COc1ccc(/C=N\NC(=O)c2ccc(CSc3ccc(Cl)cc3)cc2)cc1. The van der Waals surface area contributed by atoms with Crippen LogP contribution in [0, 0.1) is 5.92 Å². The number of carbonyl (C=O) groups excluding carboxylic acids is 1. The Bertz CT molecular complexity index is 1000. The van der Waals surface area contributed by atoms with Crippen LogP contribution in [0.2, 0.25) is 5.02 Å². The van der Waals surface area contributed by atoms with Crippen molar-refractivity contribution in [3.05, 3.63) is 94.5 Å². The number of ether oxygens (including phenoxy) is 1. The summed E-state index contributed by atoms with van der Waals surface area (Å²) in [5, 5.41) is 4.78. The first-order valence-corrected chi connectivity index (χ1v) is 11.4. The van der Waals surface area contributed by atoms with Gasteiger partial charge in [0.05, 0.1) is 12.8 Å². The van der Waals surface area contributed by atoms with Crippen molar-refractivity contribution < 1.29 is 9.53 Å². The second-order valence-electron chi connectivity index (χ2n) is 7.41. The van der Waals surface area contributed by atoms with Gasteiger partial charge in [-0.15, -0.1) is 11.8 Å². The molecule has 0 radical (unpaired) electrons. The Morgan fingerprint density at radius 1 is 1.03 bits per heavy atom. The highest BCUT2D eigenvalue weighted by molar-refractivity contribution is 7.98. The third-order valence-corrected chi connectivity index (χ3v) is 5.61. The Morgan fingerprint density at radius 3 is 2.35 bits per heavy atom. The first kappa shape index (κ1) is 22.9. The average molecular weight is 453 g/mol. The van der Waals surface area contributed by atoms with E-state index in [0.29, 0.717) is 18.1 Å². The molecule has 0 saturated carbocycles. The summed E-state index contributed by atoms with van der Waals surface area (Å²) in [6.07, 6.45) is 1.61. The standard InChI is InChI=1S/C25H25ClN2O2S/c1-18(2)16-30-23-11-5-19(6-12-23)15-27-28-25(29)21-7-3-20(4-8-21)17-31-24-13-9-22(26)10-14-24/h3-15,18H,16-17H2,1-2H3,(H,28,29)/b27-15-. The van der Waals surface area contributed by atoms with Gasteiger partial charge >= 0.3 is 0 Å². The van der Waals surface area contributed by atoms with E-state index in [0.717, 1.165) is 32.5 Å². The molecule has 0 aliphatic rings. The van der Waals surface area contributed by atoms with Gasteiger partial charge < -0.3 is 4.74 Å². The van der Waals surface area contributed by atoms with Gasteiger partial charge in [-0.25, -0.2) is 5.43 Å². The maximum Gasteiger partial charge on any atom is 0.271 e. The third kappa shape index (κ3) is 7.78. The molecule has 1 N–H and O–H groups in total. The molecule has 0 aromatic heterocycles. The lowest BCUT2D eigenvalue weighted by molar-refractivity contribution is 0.0955. The first-order valence-electron chi connectivity index (χ1n) is 10.0. The first-order chi connectivity index (χ1) is 15.0. The van der Waals surface area contributed by atoms with Crippen molar-refractivity contribution in [3.63, 3.8) is 0 Å². The van der Waals surface area contributed by atoms with Crippen LogP contribution >= 0.6 is 23.4 Å². The lowest BCUT2D eigenvalue weighted by Crippen LogP contribution is -2.17. The topological polar surface area (TPSA) is 50.7 Å². The minimum Gasteiger partial charge on any atom is -0.493 e. The normalized spacial score (nSPS) is 11.1. The average Bonchev–Trinajstić information content (AvgIpc) is 2.78. The number of thioether (sulfide) groups is 1. The fourth-order valence-electron chi connectivity index (χ4n) is 2.59. The van der Waals surface area contributed by atoms with Crippen LogP contribution < -0.4 is 10.2 Å². The number of hydrogen-bond acceptors (Lipinski definition) is 4. The molecule has 0 fully saturated rings. The maximum absolute atomic E-state index is 12.3. The van der Waals surface area contributed by atoms with Crippen LogP contribution in [-0.4, -0.2) is 18.7 Å². The van der Waals surface area contributed by atoms with Gasteiger partial charge in [-0.05, 0) is 77.7 Å². The van der Waals surface area contributed by atoms with Crippen LogP contribution in [0.25, 0.3) is 0 Å². The predicted octanol–water partition coefficient (Wildman–Crippen LogP) is 6.43. The van der Waals surface area contributed by atoms with E-state index in [1.165, 1.54) is 0 Å². The fraction of sp³-hybridized carbons (Fsp3) is 0.200. The fourth-order valence-corrected chi connectivity index (χ4v) is 3.57. The molecule has 4 nitrogen and oxygen atoms in total. The number of hydrogen-bond donors (Lipinski definition) is 1. The zero-order valence-electron chi connectivity index (χ0n) is 17.5. The van der Waals surface area contributed by atoms with E-state index in [-0.39, 0.29) is 5.91 Å². The van der Waals surface area contributed by atoms with E-state index in [2.05, 4.69) is 24.4 Å². The number of nitrogens with one attached hydrogen (secondary N) is 1. The van der Waals surface area contributed by atoms with Gasteiger partial charge in [0.25, 0.3) is 5.91 Å². The molecule has 3 aromatic carbocycles. The molecule has 0 saturated heterocycles. The highest BCUT2D eigenvalue weighted by Crippen LogP contribution is 2.24. The molecule has 3 aromatic rings. The van der Waals surface area contributed by atoms with Gasteiger partial charge in [0.2, 0.25) is 0 Å². The number of amides is 1. The molecule has 3 rings (SSSR count). The Kier molecular flexibility index (Phi) is 8.56. The highest BCUT2D eigenvalue weighted by atomic mass is 35.5. The van der Waals surface area contributed by atoms with E-state index in [1.807, 2.05) is 72.8 Å². The summed E-state index contributed by atoms with van der Waals surface area (Å²) < 4.78 is 5.66. The molecular weight excluding hydrogens is 428 g/mol. The molecule has 0 spiro atoms. The maximum atomic E-state index is 12.3. The van der Waals surface area contributed by atoms with E-state index in [1.54, 1.807) is 18.0 Å². The Balaban J connectivity index is 1.47. The van der Waals surface area contributed by atoms with Crippen molar-refractivity contribution in [3.8, 4) is 5.75 Å². The summed E-state index contributed by atoms with van der Waals surface area (Å²) in [5.41, 5.74) is 5.15. The van der Waals surface area contributed by atoms with Crippen molar-refractivity contribution in [1.29, 1.82) is 0 Å². The summed E-state index contributed by atoms with van der Waals surface area (Å²) in [6, 6.07) is 22.9. The minimum atomic E-state index is -0.245. The molecular formula is C25H25ClN2O2S. The van der Waals surface area contributed by atoms with Gasteiger partial charge in [0, 0.05) is 21.2 Å². The Labute approximate surface area is 192 Å². The summed E-state index contributed by atoms with van der Waals surface area (Å²) in [6.45, 7) is 4.90. The molecule has 1 amide bonds. The van der Waals surface area contributed by atoms with Crippen LogP contribution in [0.3, 0.4) is 0 Å². The quantitative estimate of drug-likeness (QED) is 0.231. The molecule has 0 atom stereocenters.